The van der Waals surface area contributed by atoms with Gasteiger partial charge in [0, 0.05) is 0 Å². The number of aliphatic hydroxyl groups excluding tert-OH is 4. The summed E-state index contributed by atoms with van der Waals surface area (Å²) in [7, 11) is -4.14. The Balaban J connectivity index is 2.79. The predicted octanol–water partition coefficient (Wildman–Crippen LogP) is -4.42. The second-order valence-corrected chi connectivity index (χ2v) is 4.74. The van der Waals surface area contributed by atoms with Crippen LogP contribution in [0.5, 0.6) is 0 Å². The molecule has 1 heterocycles. The number of nitrogens with one attached hydrogen (secondary N) is 1. The summed E-state index contributed by atoms with van der Waals surface area (Å²) in [5.74, 6) is 0. The first-order valence-corrected chi connectivity index (χ1v) is 5.91. The van der Waals surface area contributed by atoms with Crippen molar-refractivity contribution in [2.45, 2.75) is 30.6 Å². The summed E-state index contributed by atoms with van der Waals surface area (Å²) < 4.78 is 27.9. The highest BCUT2D eigenvalue weighted by atomic mass is 32.2. The summed E-state index contributed by atoms with van der Waals surface area (Å²) in [5, 5.41) is 41.5. The van der Waals surface area contributed by atoms with Gasteiger partial charge in [-0.3, -0.25) is 0 Å². The fourth-order valence-electron chi connectivity index (χ4n) is 1.36. The van der Waals surface area contributed by atoms with Crippen molar-refractivity contribution < 1.29 is 33.6 Å². The number of rotatable bonds is 3. The Bertz CT molecular complexity index is 332. The molecule has 0 unspecified atom stereocenters. The third kappa shape index (κ3) is 3.09. The van der Waals surface area contributed by atoms with Gasteiger partial charge in [-0.25, -0.2) is 5.14 Å². The normalized spacial score (nSPS) is 40.9. The number of hydrogen-bond acceptors (Lipinski definition) is 7. The van der Waals surface area contributed by atoms with E-state index in [9.17, 15) is 23.7 Å². The number of ether oxygens (including phenoxy) is 1. The Labute approximate surface area is 91.6 Å². The summed E-state index contributed by atoms with van der Waals surface area (Å²) in [6, 6.07) is 0. The lowest BCUT2D eigenvalue weighted by Crippen LogP contribution is -2.63. The molecule has 5 atom stereocenters. The van der Waals surface area contributed by atoms with Gasteiger partial charge in [-0.2, -0.15) is 13.1 Å². The molecular weight excluding hydrogens is 244 g/mol. The van der Waals surface area contributed by atoms with Crippen molar-refractivity contribution in [2.75, 3.05) is 6.61 Å². The summed E-state index contributed by atoms with van der Waals surface area (Å²) in [4.78, 5) is 0. The van der Waals surface area contributed by atoms with Crippen LogP contribution in [0.1, 0.15) is 0 Å². The molecule has 1 fully saturated rings. The van der Waals surface area contributed by atoms with Crippen molar-refractivity contribution in [1.82, 2.24) is 4.72 Å². The fourth-order valence-corrected chi connectivity index (χ4v) is 1.88. The van der Waals surface area contributed by atoms with Gasteiger partial charge in [0.2, 0.25) is 0 Å². The summed E-state index contributed by atoms with van der Waals surface area (Å²) in [6.07, 6.45) is -7.58. The molecule has 16 heavy (non-hydrogen) atoms. The van der Waals surface area contributed by atoms with Gasteiger partial charge in [-0.05, 0) is 0 Å². The predicted molar refractivity (Wildman–Crippen MR) is 50.0 cm³/mol. The quantitative estimate of drug-likeness (QED) is 0.297. The number of aliphatic hydroxyl groups is 4. The Kier molecular flexibility index (Phi) is 4.20. The van der Waals surface area contributed by atoms with Crippen LogP contribution in [0.15, 0.2) is 0 Å². The monoisotopic (exact) mass is 258 g/mol. The zero-order valence-corrected chi connectivity index (χ0v) is 8.91. The van der Waals surface area contributed by atoms with Crippen molar-refractivity contribution >= 4 is 10.2 Å². The van der Waals surface area contributed by atoms with Gasteiger partial charge in [0.15, 0.2) is 6.23 Å². The van der Waals surface area contributed by atoms with Gasteiger partial charge in [0.05, 0.1) is 6.61 Å². The third-order valence-electron chi connectivity index (χ3n) is 2.17. The molecule has 10 heteroatoms. The zero-order valence-electron chi connectivity index (χ0n) is 8.09. The van der Waals surface area contributed by atoms with Gasteiger partial charge >= 0.3 is 0 Å². The summed E-state index contributed by atoms with van der Waals surface area (Å²) in [5.41, 5.74) is 0. The minimum absolute atomic E-state index is 0.645. The van der Waals surface area contributed by atoms with Gasteiger partial charge in [-0.15, -0.1) is 0 Å². The molecule has 1 saturated heterocycles. The molecule has 0 saturated carbocycles. The Morgan fingerprint density at radius 1 is 1.19 bits per heavy atom. The molecule has 0 bridgehead atoms. The smallest absolute Gasteiger partial charge is 0.276 e. The molecule has 1 rings (SSSR count). The van der Waals surface area contributed by atoms with Crippen LogP contribution in [0.3, 0.4) is 0 Å². The lowest BCUT2D eigenvalue weighted by Gasteiger charge is -2.39. The van der Waals surface area contributed by atoms with Crippen molar-refractivity contribution in [3.05, 3.63) is 0 Å². The third-order valence-corrected chi connectivity index (χ3v) is 2.73. The van der Waals surface area contributed by atoms with E-state index in [0.29, 0.717) is 0 Å². The van der Waals surface area contributed by atoms with E-state index in [0.717, 1.165) is 0 Å². The van der Waals surface area contributed by atoms with E-state index in [1.54, 1.807) is 4.72 Å². The Morgan fingerprint density at radius 2 is 1.75 bits per heavy atom. The van der Waals surface area contributed by atoms with Gasteiger partial charge in [0.1, 0.15) is 24.4 Å². The first-order valence-electron chi connectivity index (χ1n) is 4.37. The van der Waals surface area contributed by atoms with Crippen LogP contribution < -0.4 is 9.86 Å². The van der Waals surface area contributed by atoms with Crippen LogP contribution >= 0.6 is 0 Å². The minimum Gasteiger partial charge on any atom is -0.394 e. The maximum absolute atomic E-state index is 10.7. The minimum atomic E-state index is -4.14. The van der Waals surface area contributed by atoms with Crippen LogP contribution in [-0.2, 0) is 14.9 Å². The maximum Gasteiger partial charge on any atom is 0.276 e. The SMILES string of the molecule is NS(=O)(=O)N[C@@H]1O[C@H](CO)[C@H](O)[C@H](O)[C@H]1O. The molecule has 1 aliphatic heterocycles. The molecule has 0 aromatic carbocycles. The van der Waals surface area contributed by atoms with Crippen LogP contribution in [-0.4, -0.2) is 66.1 Å². The highest BCUT2D eigenvalue weighted by Gasteiger charge is 2.44. The van der Waals surface area contributed by atoms with E-state index in [4.69, 9.17) is 9.84 Å². The highest BCUT2D eigenvalue weighted by Crippen LogP contribution is 2.19. The standard InChI is InChI=1S/C6H14N2O7S/c7-16(13,14)8-6-5(12)4(11)3(10)2(1-9)15-6/h2-6,8-12H,1H2,(H2,7,13,14)/t2-,3+,4+,5-,6-/m1/s1. The number of hydrogen-bond donors (Lipinski definition) is 6. The summed E-state index contributed by atoms with van der Waals surface area (Å²) in [6.45, 7) is -0.645. The summed E-state index contributed by atoms with van der Waals surface area (Å²) >= 11 is 0. The molecule has 0 radical (unpaired) electrons. The van der Waals surface area contributed by atoms with Crippen molar-refractivity contribution in [3.63, 3.8) is 0 Å². The van der Waals surface area contributed by atoms with E-state index in [1.165, 1.54) is 0 Å². The van der Waals surface area contributed by atoms with E-state index < -0.39 is 47.5 Å². The van der Waals surface area contributed by atoms with E-state index in [2.05, 4.69) is 5.14 Å². The topological polar surface area (TPSA) is 162 Å². The van der Waals surface area contributed by atoms with Gasteiger partial charge < -0.3 is 25.2 Å². The average molecular weight is 258 g/mol. The second kappa shape index (κ2) is 4.89. The molecule has 0 aliphatic carbocycles. The van der Waals surface area contributed by atoms with Crippen molar-refractivity contribution in [1.29, 1.82) is 0 Å². The molecule has 0 aromatic heterocycles. The Morgan fingerprint density at radius 3 is 2.19 bits per heavy atom. The molecule has 1 aliphatic rings. The van der Waals surface area contributed by atoms with Crippen molar-refractivity contribution in [2.24, 2.45) is 5.14 Å². The lowest BCUT2D eigenvalue weighted by molar-refractivity contribution is -0.231. The molecule has 0 aromatic rings. The zero-order chi connectivity index (χ0) is 12.5. The second-order valence-electron chi connectivity index (χ2n) is 3.41. The van der Waals surface area contributed by atoms with E-state index in [-0.39, 0.29) is 0 Å². The van der Waals surface area contributed by atoms with Gasteiger partial charge in [-0.1, -0.05) is 0 Å². The highest BCUT2D eigenvalue weighted by molar-refractivity contribution is 7.87. The fraction of sp³-hybridized carbons (Fsp3) is 1.00. The molecule has 9 nitrogen and oxygen atoms in total. The maximum atomic E-state index is 10.7. The van der Waals surface area contributed by atoms with Crippen LogP contribution in [0.25, 0.3) is 0 Å². The molecule has 96 valence electrons. The lowest BCUT2D eigenvalue weighted by atomic mass is 9.99. The Hall–Kier alpha value is -0.330. The molecule has 0 spiro atoms. The average Bonchev–Trinajstić information content (AvgIpc) is 2.17. The van der Waals surface area contributed by atoms with E-state index >= 15 is 0 Å². The van der Waals surface area contributed by atoms with Crippen LogP contribution in [0, 0.1) is 0 Å². The number of nitrogens with two attached hydrogens (primary N) is 1. The van der Waals surface area contributed by atoms with Crippen LogP contribution in [0.2, 0.25) is 0 Å². The van der Waals surface area contributed by atoms with Gasteiger partial charge in [0.25, 0.3) is 10.2 Å². The van der Waals surface area contributed by atoms with Crippen molar-refractivity contribution in [3.8, 4) is 0 Å². The molecule has 7 N–H and O–H groups in total. The largest absolute Gasteiger partial charge is 0.394 e. The first-order chi connectivity index (χ1) is 7.26. The molecular formula is C6H14N2O7S. The van der Waals surface area contributed by atoms with E-state index in [1.807, 2.05) is 0 Å². The molecule has 0 amide bonds. The first kappa shape index (κ1) is 13.7. The van der Waals surface area contributed by atoms with Crippen LogP contribution in [0.4, 0.5) is 0 Å².